The molecule has 7 nitrogen and oxygen atoms in total. The van der Waals surface area contributed by atoms with E-state index < -0.39 is 11.7 Å². The molecule has 0 radical (unpaired) electrons. The zero-order chi connectivity index (χ0) is 17.9. The number of hydrogen-bond donors (Lipinski definition) is 2. The average Bonchev–Trinajstić information content (AvgIpc) is 2.79. The van der Waals surface area contributed by atoms with Crippen molar-refractivity contribution in [3.8, 4) is 0 Å². The van der Waals surface area contributed by atoms with E-state index in [9.17, 15) is 9.59 Å². The van der Waals surface area contributed by atoms with E-state index in [4.69, 9.17) is 4.74 Å². The lowest BCUT2D eigenvalue weighted by atomic mass is 9.90. The Hall–Kier alpha value is -2.05. The largest absolute Gasteiger partial charge is 0.444 e. The monoisotopic (exact) mass is 336 g/mol. The molecule has 1 aliphatic carbocycles. The van der Waals surface area contributed by atoms with Gasteiger partial charge in [-0.1, -0.05) is 12.8 Å². The number of amides is 2. The molecule has 2 atom stereocenters. The quantitative estimate of drug-likeness (QED) is 0.887. The summed E-state index contributed by atoms with van der Waals surface area (Å²) in [7, 11) is 1.81. The molecule has 1 saturated carbocycles. The van der Waals surface area contributed by atoms with Gasteiger partial charge in [-0.2, -0.15) is 5.10 Å². The number of rotatable bonds is 3. The Morgan fingerprint density at radius 1 is 1.21 bits per heavy atom. The predicted octanol–water partition coefficient (Wildman–Crippen LogP) is 2.29. The summed E-state index contributed by atoms with van der Waals surface area (Å²) in [6, 6.07) is -0.215. The molecule has 0 unspecified atom stereocenters. The number of hydrogen-bond acceptors (Lipinski definition) is 4. The van der Waals surface area contributed by atoms with Crippen molar-refractivity contribution in [1.82, 2.24) is 20.4 Å². The van der Waals surface area contributed by atoms with Gasteiger partial charge in [-0.25, -0.2) is 4.79 Å². The standard InChI is InChI=1S/C17H28N4O3/c1-11-12(10-18-21(11)5)15(22)19-13-8-6-7-9-14(13)20-16(23)24-17(2,3)4/h10,13-14H,6-9H2,1-5H3,(H,19,22)(H,20,23)/t13-,14-/m1/s1. The van der Waals surface area contributed by atoms with Crippen LogP contribution in [0.1, 0.15) is 62.5 Å². The highest BCUT2D eigenvalue weighted by Gasteiger charge is 2.30. The fourth-order valence-corrected chi connectivity index (χ4v) is 2.90. The van der Waals surface area contributed by atoms with Gasteiger partial charge in [0, 0.05) is 18.8 Å². The lowest BCUT2D eigenvalue weighted by Crippen LogP contribution is -2.54. The van der Waals surface area contributed by atoms with Crippen LogP contribution in [0.5, 0.6) is 0 Å². The minimum Gasteiger partial charge on any atom is -0.444 e. The molecule has 0 spiro atoms. The van der Waals surface area contributed by atoms with Crippen molar-refractivity contribution in [2.75, 3.05) is 0 Å². The summed E-state index contributed by atoms with van der Waals surface area (Å²) in [5.41, 5.74) is 0.851. The molecular formula is C17H28N4O3. The third kappa shape index (κ3) is 4.72. The molecule has 7 heteroatoms. The van der Waals surface area contributed by atoms with Gasteiger partial charge in [-0.15, -0.1) is 0 Å². The van der Waals surface area contributed by atoms with Crippen molar-refractivity contribution < 1.29 is 14.3 Å². The van der Waals surface area contributed by atoms with Gasteiger partial charge in [0.1, 0.15) is 5.60 Å². The maximum Gasteiger partial charge on any atom is 0.407 e. The SMILES string of the molecule is Cc1c(C(=O)N[C@@H]2CCCC[C@H]2NC(=O)OC(C)(C)C)cnn1C. The van der Waals surface area contributed by atoms with Crippen LogP contribution in [0.25, 0.3) is 0 Å². The van der Waals surface area contributed by atoms with Crippen molar-refractivity contribution in [3.63, 3.8) is 0 Å². The Balaban J connectivity index is 2.00. The third-order valence-corrected chi connectivity index (χ3v) is 4.26. The third-order valence-electron chi connectivity index (χ3n) is 4.26. The second-order valence-corrected chi connectivity index (χ2v) is 7.38. The fourth-order valence-electron chi connectivity index (χ4n) is 2.90. The predicted molar refractivity (Wildman–Crippen MR) is 90.8 cm³/mol. The molecule has 2 rings (SSSR count). The highest BCUT2D eigenvalue weighted by atomic mass is 16.6. The minimum absolute atomic E-state index is 0.0987. The smallest absolute Gasteiger partial charge is 0.407 e. The molecule has 1 aromatic rings. The number of aromatic nitrogens is 2. The molecule has 24 heavy (non-hydrogen) atoms. The molecule has 0 aliphatic heterocycles. The van der Waals surface area contributed by atoms with Gasteiger partial charge in [0.2, 0.25) is 0 Å². The lowest BCUT2D eigenvalue weighted by Gasteiger charge is -2.33. The van der Waals surface area contributed by atoms with E-state index in [0.29, 0.717) is 5.56 Å². The summed E-state index contributed by atoms with van der Waals surface area (Å²) in [6.45, 7) is 7.35. The van der Waals surface area contributed by atoms with E-state index in [-0.39, 0.29) is 18.0 Å². The Morgan fingerprint density at radius 3 is 2.29 bits per heavy atom. The van der Waals surface area contributed by atoms with Gasteiger partial charge in [0.05, 0.1) is 17.8 Å². The van der Waals surface area contributed by atoms with Gasteiger partial charge >= 0.3 is 6.09 Å². The molecule has 1 aromatic heterocycles. The maximum atomic E-state index is 12.5. The molecule has 0 bridgehead atoms. The van der Waals surface area contributed by atoms with Crippen LogP contribution in [0, 0.1) is 6.92 Å². The summed E-state index contributed by atoms with van der Waals surface area (Å²) >= 11 is 0. The molecule has 134 valence electrons. The van der Waals surface area contributed by atoms with Crippen molar-refractivity contribution in [2.45, 2.75) is 71.1 Å². The van der Waals surface area contributed by atoms with Crippen molar-refractivity contribution in [3.05, 3.63) is 17.5 Å². The van der Waals surface area contributed by atoms with Gasteiger partial charge in [-0.3, -0.25) is 9.48 Å². The zero-order valence-electron chi connectivity index (χ0n) is 15.2. The molecule has 0 aromatic carbocycles. The topological polar surface area (TPSA) is 85.2 Å². The normalized spacial score (nSPS) is 21.2. The van der Waals surface area contributed by atoms with E-state index in [0.717, 1.165) is 31.4 Å². The molecule has 0 saturated heterocycles. The number of nitrogens with one attached hydrogen (secondary N) is 2. The molecule has 2 amide bonds. The van der Waals surface area contributed by atoms with Crippen LogP contribution >= 0.6 is 0 Å². The second kappa shape index (κ2) is 7.23. The van der Waals surface area contributed by atoms with Crippen molar-refractivity contribution in [1.29, 1.82) is 0 Å². The summed E-state index contributed by atoms with van der Waals surface area (Å²) in [4.78, 5) is 24.5. The van der Waals surface area contributed by atoms with Gasteiger partial charge in [0.15, 0.2) is 0 Å². The maximum absolute atomic E-state index is 12.5. The Kier molecular flexibility index (Phi) is 5.51. The Bertz CT molecular complexity index is 603. The number of aryl methyl sites for hydroxylation is 1. The Labute approximate surface area is 143 Å². The Morgan fingerprint density at radius 2 is 1.79 bits per heavy atom. The van der Waals surface area contributed by atoms with E-state index in [1.807, 2.05) is 27.7 Å². The van der Waals surface area contributed by atoms with E-state index in [2.05, 4.69) is 15.7 Å². The number of nitrogens with zero attached hydrogens (tertiary/aromatic N) is 2. The first-order chi connectivity index (χ1) is 11.2. The summed E-state index contributed by atoms with van der Waals surface area (Å²) in [5, 5.41) is 10.1. The van der Waals surface area contributed by atoms with Crippen LogP contribution in [-0.4, -0.2) is 39.5 Å². The first-order valence-corrected chi connectivity index (χ1v) is 8.46. The van der Waals surface area contributed by atoms with Gasteiger partial charge < -0.3 is 15.4 Å². The fraction of sp³-hybridized carbons (Fsp3) is 0.706. The first kappa shape index (κ1) is 18.3. The molecule has 1 aliphatic rings. The van der Waals surface area contributed by atoms with E-state index in [1.54, 1.807) is 17.9 Å². The van der Waals surface area contributed by atoms with Crippen LogP contribution in [0.15, 0.2) is 6.20 Å². The van der Waals surface area contributed by atoms with Crippen LogP contribution < -0.4 is 10.6 Å². The number of alkyl carbamates (subject to hydrolysis) is 1. The molecular weight excluding hydrogens is 308 g/mol. The molecule has 1 fully saturated rings. The summed E-state index contributed by atoms with van der Waals surface area (Å²) in [6.07, 6.45) is 4.86. The van der Waals surface area contributed by atoms with Gasteiger partial charge in [0.25, 0.3) is 5.91 Å². The summed E-state index contributed by atoms with van der Waals surface area (Å²) < 4.78 is 7.00. The van der Waals surface area contributed by atoms with Crippen molar-refractivity contribution in [2.24, 2.45) is 7.05 Å². The average molecular weight is 336 g/mol. The van der Waals surface area contributed by atoms with Crippen LogP contribution in [0.2, 0.25) is 0 Å². The van der Waals surface area contributed by atoms with Crippen molar-refractivity contribution >= 4 is 12.0 Å². The molecule has 1 heterocycles. The van der Waals surface area contributed by atoms with E-state index in [1.165, 1.54) is 0 Å². The van der Waals surface area contributed by atoms with Crippen LogP contribution in [0.3, 0.4) is 0 Å². The highest BCUT2D eigenvalue weighted by Crippen LogP contribution is 2.20. The number of ether oxygens (including phenoxy) is 1. The molecule has 2 N–H and O–H groups in total. The zero-order valence-corrected chi connectivity index (χ0v) is 15.2. The van der Waals surface area contributed by atoms with Crippen LogP contribution in [0.4, 0.5) is 4.79 Å². The highest BCUT2D eigenvalue weighted by molar-refractivity contribution is 5.95. The second-order valence-electron chi connectivity index (χ2n) is 7.38. The number of carbonyl (C=O) groups excluding carboxylic acids is 2. The van der Waals surface area contributed by atoms with Crippen LogP contribution in [-0.2, 0) is 11.8 Å². The van der Waals surface area contributed by atoms with E-state index >= 15 is 0 Å². The first-order valence-electron chi connectivity index (χ1n) is 8.46. The number of carbonyl (C=O) groups is 2. The summed E-state index contributed by atoms with van der Waals surface area (Å²) in [5.74, 6) is -0.150. The van der Waals surface area contributed by atoms with Gasteiger partial charge in [-0.05, 0) is 40.5 Å². The minimum atomic E-state index is -0.537. The lowest BCUT2D eigenvalue weighted by molar-refractivity contribution is 0.0474.